The number of ether oxygens (including phenoxy) is 2. The van der Waals surface area contributed by atoms with E-state index in [1.54, 1.807) is 59.5 Å². The number of carbonyl (C=O) groups excluding carboxylic acids is 3. The van der Waals surface area contributed by atoms with Crippen molar-refractivity contribution in [2.24, 2.45) is 10.7 Å². The Morgan fingerprint density at radius 2 is 1.81 bits per heavy atom. The number of amidine groups is 1. The van der Waals surface area contributed by atoms with Crippen LogP contribution in [-0.4, -0.2) is 48.1 Å². The molecule has 2 aromatic rings. The van der Waals surface area contributed by atoms with E-state index in [-0.39, 0.29) is 12.5 Å². The summed E-state index contributed by atoms with van der Waals surface area (Å²) in [5, 5.41) is 0.561. The summed E-state index contributed by atoms with van der Waals surface area (Å²) in [4.78, 5) is 41.8. The first-order chi connectivity index (χ1) is 14.9. The number of primary amides is 1. The molecule has 1 aliphatic rings. The summed E-state index contributed by atoms with van der Waals surface area (Å²) in [6, 6.07) is 13.6. The number of rotatable bonds is 7. The quantitative estimate of drug-likeness (QED) is 0.524. The highest BCUT2D eigenvalue weighted by Crippen LogP contribution is 2.34. The van der Waals surface area contributed by atoms with Crippen LogP contribution in [0.5, 0.6) is 5.75 Å². The minimum absolute atomic E-state index is 0.133. The van der Waals surface area contributed by atoms with Gasteiger partial charge in [0, 0.05) is 6.54 Å². The topological polar surface area (TPSA) is 111 Å². The van der Waals surface area contributed by atoms with Crippen molar-refractivity contribution in [2.75, 3.05) is 20.3 Å². The van der Waals surface area contributed by atoms with Gasteiger partial charge in [-0.05, 0) is 66.7 Å². The average Bonchev–Trinajstić information content (AvgIpc) is 3.06. The summed E-state index contributed by atoms with van der Waals surface area (Å²) in [6.07, 6.45) is 1.77. The van der Waals surface area contributed by atoms with E-state index < -0.39 is 11.9 Å². The molecule has 9 heteroatoms. The van der Waals surface area contributed by atoms with Crippen LogP contribution in [0, 0.1) is 0 Å². The molecule has 160 valence electrons. The van der Waals surface area contributed by atoms with Crippen LogP contribution in [0.15, 0.2) is 58.4 Å². The van der Waals surface area contributed by atoms with Gasteiger partial charge >= 0.3 is 5.97 Å². The van der Waals surface area contributed by atoms with Crippen LogP contribution in [0.4, 0.5) is 5.69 Å². The highest BCUT2D eigenvalue weighted by atomic mass is 32.2. The second-order valence-corrected chi connectivity index (χ2v) is 7.43. The number of methoxy groups -OCH3 is 1. The summed E-state index contributed by atoms with van der Waals surface area (Å²) in [7, 11) is 1.33. The van der Waals surface area contributed by atoms with Gasteiger partial charge in [-0.2, -0.15) is 0 Å². The van der Waals surface area contributed by atoms with Crippen molar-refractivity contribution >= 4 is 46.5 Å². The second-order valence-electron chi connectivity index (χ2n) is 6.42. The standard InChI is InChI=1S/C22H21N3O5S/c1-3-25-20(27)18(12-14-4-10-17(11-5-14)30-13-19(23)26)31-22(25)24-16-8-6-15(7-9-16)21(28)29-2/h4-12H,3,13H2,1-2H3,(H2,23,26)/b18-12-,24-22?. The average molecular weight is 439 g/mol. The van der Waals surface area contributed by atoms with E-state index in [0.29, 0.717) is 33.6 Å². The Labute approximate surface area is 183 Å². The summed E-state index contributed by atoms with van der Waals surface area (Å²) < 4.78 is 9.93. The number of nitrogens with zero attached hydrogens (tertiary/aromatic N) is 2. The van der Waals surface area contributed by atoms with E-state index >= 15 is 0 Å². The van der Waals surface area contributed by atoms with Crippen LogP contribution in [0.1, 0.15) is 22.8 Å². The van der Waals surface area contributed by atoms with Crippen molar-refractivity contribution < 1.29 is 23.9 Å². The third-order valence-electron chi connectivity index (χ3n) is 4.28. The molecule has 0 spiro atoms. The maximum absolute atomic E-state index is 12.8. The normalized spacial score (nSPS) is 16.1. The Bertz CT molecular complexity index is 1050. The van der Waals surface area contributed by atoms with Crippen LogP contribution < -0.4 is 10.5 Å². The molecule has 0 aliphatic carbocycles. The van der Waals surface area contributed by atoms with Gasteiger partial charge in [-0.1, -0.05) is 12.1 Å². The number of carbonyl (C=O) groups is 3. The number of esters is 1. The molecule has 0 bridgehead atoms. The fourth-order valence-corrected chi connectivity index (χ4v) is 3.80. The maximum Gasteiger partial charge on any atom is 0.337 e. The summed E-state index contributed by atoms with van der Waals surface area (Å²) >= 11 is 1.28. The van der Waals surface area contributed by atoms with Crippen LogP contribution in [0.25, 0.3) is 6.08 Å². The van der Waals surface area contributed by atoms with E-state index in [2.05, 4.69) is 4.99 Å². The van der Waals surface area contributed by atoms with Crippen LogP contribution in [-0.2, 0) is 14.3 Å². The molecular formula is C22H21N3O5S. The highest BCUT2D eigenvalue weighted by Gasteiger charge is 2.32. The zero-order valence-corrected chi connectivity index (χ0v) is 17.8. The van der Waals surface area contributed by atoms with E-state index in [4.69, 9.17) is 15.2 Å². The van der Waals surface area contributed by atoms with Gasteiger partial charge in [-0.25, -0.2) is 9.79 Å². The lowest BCUT2D eigenvalue weighted by Crippen LogP contribution is -2.28. The molecule has 2 aromatic carbocycles. The first-order valence-corrected chi connectivity index (χ1v) is 10.2. The molecule has 2 amide bonds. The van der Waals surface area contributed by atoms with E-state index in [0.717, 1.165) is 5.56 Å². The first-order valence-electron chi connectivity index (χ1n) is 9.41. The first kappa shape index (κ1) is 22.1. The molecule has 1 saturated heterocycles. The van der Waals surface area contributed by atoms with Crippen molar-refractivity contribution in [2.45, 2.75) is 6.92 Å². The highest BCUT2D eigenvalue weighted by molar-refractivity contribution is 8.18. The molecule has 1 fully saturated rings. The van der Waals surface area contributed by atoms with Gasteiger partial charge in [-0.3, -0.25) is 14.5 Å². The fraction of sp³-hybridized carbons (Fsp3) is 0.182. The monoisotopic (exact) mass is 439 g/mol. The Kier molecular flexibility index (Phi) is 7.09. The minimum Gasteiger partial charge on any atom is -0.484 e. The van der Waals surface area contributed by atoms with Gasteiger partial charge in [0.1, 0.15) is 5.75 Å². The lowest BCUT2D eigenvalue weighted by atomic mass is 10.2. The van der Waals surface area contributed by atoms with Gasteiger partial charge < -0.3 is 15.2 Å². The van der Waals surface area contributed by atoms with Gasteiger partial charge in [0.15, 0.2) is 11.8 Å². The molecule has 0 radical (unpaired) electrons. The smallest absolute Gasteiger partial charge is 0.337 e. The van der Waals surface area contributed by atoms with Crippen molar-refractivity contribution in [1.82, 2.24) is 4.90 Å². The number of hydrogen-bond acceptors (Lipinski definition) is 7. The molecule has 1 aliphatic heterocycles. The third-order valence-corrected chi connectivity index (χ3v) is 5.28. The maximum atomic E-state index is 12.8. The van der Waals surface area contributed by atoms with Crippen LogP contribution in [0.3, 0.4) is 0 Å². The number of amides is 2. The van der Waals surface area contributed by atoms with Gasteiger partial charge in [0.05, 0.1) is 23.3 Å². The van der Waals surface area contributed by atoms with Crippen molar-refractivity contribution in [3.8, 4) is 5.75 Å². The minimum atomic E-state index is -0.550. The van der Waals surface area contributed by atoms with Crippen molar-refractivity contribution in [3.63, 3.8) is 0 Å². The largest absolute Gasteiger partial charge is 0.484 e. The number of aliphatic imine (C=N–C) groups is 1. The van der Waals surface area contributed by atoms with Crippen LogP contribution >= 0.6 is 11.8 Å². The Morgan fingerprint density at radius 1 is 1.13 bits per heavy atom. The molecule has 1 heterocycles. The van der Waals surface area contributed by atoms with Gasteiger partial charge in [0.2, 0.25) is 0 Å². The zero-order chi connectivity index (χ0) is 22.4. The molecule has 0 unspecified atom stereocenters. The number of hydrogen-bond donors (Lipinski definition) is 1. The predicted molar refractivity (Wildman–Crippen MR) is 119 cm³/mol. The van der Waals surface area contributed by atoms with E-state index in [1.807, 2.05) is 6.92 Å². The second kappa shape index (κ2) is 9.94. The summed E-state index contributed by atoms with van der Waals surface area (Å²) in [5.74, 6) is -0.590. The Balaban J connectivity index is 1.78. The SMILES string of the molecule is CCN1C(=O)/C(=C/c2ccc(OCC(N)=O)cc2)SC1=Nc1ccc(C(=O)OC)cc1. The number of likely N-dealkylation sites (N-methyl/N-ethyl adjacent to an activating group) is 1. The lowest BCUT2D eigenvalue weighted by Gasteiger charge is -2.12. The van der Waals surface area contributed by atoms with E-state index in [9.17, 15) is 14.4 Å². The number of nitrogens with two attached hydrogens (primary N) is 1. The fourth-order valence-electron chi connectivity index (χ4n) is 2.74. The Morgan fingerprint density at radius 3 is 2.39 bits per heavy atom. The molecule has 2 N–H and O–H groups in total. The zero-order valence-electron chi connectivity index (χ0n) is 17.0. The van der Waals surface area contributed by atoms with Crippen molar-refractivity contribution in [1.29, 1.82) is 0 Å². The number of benzene rings is 2. The molecular weight excluding hydrogens is 418 g/mol. The lowest BCUT2D eigenvalue weighted by molar-refractivity contribution is -0.122. The molecule has 8 nitrogen and oxygen atoms in total. The Hall–Kier alpha value is -3.59. The van der Waals surface area contributed by atoms with Gasteiger partial charge in [0.25, 0.3) is 11.8 Å². The van der Waals surface area contributed by atoms with Gasteiger partial charge in [-0.15, -0.1) is 0 Å². The van der Waals surface area contributed by atoms with Crippen LogP contribution in [0.2, 0.25) is 0 Å². The molecule has 0 saturated carbocycles. The molecule has 0 aromatic heterocycles. The van der Waals surface area contributed by atoms with E-state index in [1.165, 1.54) is 18.9 Å². The third kappa shape index (κ3) is 5.52. The molecule has 31 heavy (non-hydrogen) atoms. The summed E-state index contributed by atoms with van der Waals surface area (Å²) in [5.41, 5.74) is 6.93. The predicted octanol–water partition coefficient (Wildman–Crippen LogP) is 2.96. The summed E-state index contributed by atoms with van der Waals surface area (Å²) in [6.45, 7) is 2.16. The number of thioether (sulfide) groups is 1. The molecule has 0 atom stereocenters. The molecule has 3 rings (SSSR count). The van der Waals surface area contributed by atoms with Crippen molar-refractivity contribution in [3.05, 3.63) is 64.6 Å².